The maximum absolute atomic E-state index is 5.17. The van der Waals surface area contributed by atoms with E-state index in [1.807, 2.05) is 36.4 Å². The summed E-state index contributed by atoms with van der Waals surface area (Å²) in [5.74, 6) is 1.95. The second-order valence-corrected chi connectivity index (χ2v) is 19.8. The normalized spacial score (nSPS) is 11.5. The topological polar surface area (TPSA) is 43.6 Å². The Morgan fingerprint density at radius 2 is 0.689 bits per heavy atom. The van der Waals surface area contributed by atoms with Gasteiger partial charge in [-0.1, -0.05) is 194 Å². The van der Waals surface area contributed by atoms with Gasteiger partial charge in [0.15, 0.2) is 17.5 Å². The van der Waals surface area contributed by atoms with Gasteiger partial charge in [0.2, 0.25) is 0 Å². The highest BCUT2D eigenvalue weighted by Gasteiger charge is 2.20. The number of aromatic nitrogens is 4. The zero-order valence-corrected chi connectivity index (χ0v) is 40.9. The number of fused-ring (bicyclic) bond motifs is 6. The van der Waals surface area contributed by atoms with Crippen LogP contribution in [0.15, 0.2) is 267 Å². The number of nitrogens with zero attached hydrogens (tertiary/aromatic N) is 4. The molecule has 74 heavy (non-hydrogen) atoms. The molecule has 14 rings (SSSR count). The number of benzene rings is 11. The van der Waals surface area contributed by atoms with E-state index in [0.717, 1.165) is 49.9 Å². The zero-order valence-electron chi connectivity index (χ0n) is 40.1. The van der Waals surface area contributed by atoms with Crippen molar-refractivity contribution in [2.24, 2.45) is 0 Å². The van der Waals surface area contributed by atoms with E-state index in [0.29, 0.717) is 17.5 Å². The second-order valence-electron chi connectivity index (χ2n) is 18.7. The summed E-state index contributed by atoms with van der Waals surface area (Å²) in [7, 11) is 0. The number of hydrogen-bond donors (Lipinski definition) is 0. The van der Waals surface area contributed by atoms with Crippen LogP contribution in [0, 0.1) is 0 Å². The lowest BCUT2D eigenvalue weighted by molar-refractivity contribution is 1.08. The van der Waals surface area contributed by atoms with Crippen LogP contribution in [0.3, 0.4) is 0 Å². The predicted molar refractivity (Wildman–Crippen MR) is 311 cm³/mol. The largest absolute Gasteiger partial charge is 0.309 e. The van der Waals surface area contributed by atoms with Gasteiger partial charge in [-0.05, 0) is 128 Å². The van der Waals surface area contributed by atoms with E-state index in [1.165, 1.54) is 70.1 Å². The number of para-hydroxylation sites is 1. The average Bonchev–Trinajstić information content (AvgIpc) is 4.03. The molecular weight excluding hydrogens is 917 g/mol. The first-order valence-electron chi connectivity index (χ1n) is 25.0. The van der Waals surface area contributed by atoms with E-state index in [4.69, 9.17) is 15.0 Å². The summed E-state index contributed by atoms with van der Waals surface area (Å²) in [6, 6.07) is 95.8. The van der Waals surface area contributed by atoms with Crippen LogP contribution in [0.4, 0.5) is 0 Å². The van der Waals surface area contributed by atoms with Gasteiger partial charge in [0.05, 0.1) is 11.0 Å². The van der Waals surface area contributed by atoms with Crippen molar-refractivity contribution in [2.45, 2.75) is 0 Å². The lowest BCUT2D eigenvalue weighted by Crippen LogP contribution is -2.00. The Hall–Kier alpha value is -9.55. The minimum Gasteiger partial charge on any atom is -0.309 e. The number of hydrogen-bond acceptors (Lipinski definition) is 4. The van der Waals surface area contributed by atoms with Crippen LogP contribution in [-0.4, -0.2) is 19.5 Å². The molecule has 0 fully saturated rings. The first kappa shape index (κ1) is 43.3. The Balaban J connectivity index is 0.926. The molecule has 0 bridgehead atoms. The Kier molecular flexibility index (Phi) is 10.7. The summed E-state index contributed by atoms with van der Waals surface area (Å²) in [5, 5.41) is 4.72. The highest BCUT2D eigenvalue weighted by Crippen LogP contribution is 2.44. The van der Waals surface area contributed by atoms with E-state index in [9.17, 15) is 0 Å². The first-order chi connectivity index (χ1) is 36.7. The van der Waals surface area contributed by atoms with Crippen molar-refractivity contribution < 1.29 is 0 Å². The van der Waals surface area contributed by atoms with Crippen LogP contribution in [0.5, 0.6) is 0 Å². The van der Waals surface area contributed by atoms with E-state index in [1.54, 1.807) is 11.3 Å². The van der Waals surface area contributed by atoms with Crippen LogP contribution < -0.4 is 0 Å². The minimum atomic E-state index is 0.649. The Bertz CT molecular complexity index is 4280. The lowest BCUT2D eigenvalue weighted by atomic mass is 9.89. The fourth-order valence-electron chi connectivity index (χ4n) is 10.7. The molecule has 0 aliphatic carbocycles. The van der Waals surface area contributed by atoms with Gasteiger partial charge in [0.25, 0.3) is 0 Å². The van der Waals surface area contributed by atoms with Gasteiger partial charge in [0.1, 0.15) is 0 Å². The van der Waals surface area contributed by atoms with Crippen molar-refractivity contribution in [3.05, 3.63) is 267 Å². The van der Waals surface area contributed by atoms with E-state index >= 15 is 0 Å². The van der Waals surface area contributed by atoms with Gasteiger partial charge in [-0.15, -0.1) is 11.3 Å². The molecule has 3 heterocycles. The van der Waals surface area contributed by atoms with Gasteiger partial charge in [-0.25, -0.2) is 15.0 Å². The molecule has 14 aromatic rings. The summed E-state index contributed by atoms with van der Waals surface area (Å²) < 4.78 is 4.81. The molecule has 4 nitrogen and oxygen atoms in total. The molecule has 0 amide bonds. The van der Waals surface area contributed by atoms with Gasteiger partial charge in [-0.3, -0.25) is 0 Å². The third-order valence-electron chi connectivity index (χ3n) is 14.2. The number of rotatable bonds is 9. The molecule has 0 radical (unpaired) electrons. The molecule has 5 heteroatoms. The third-order valence-corrected chi connectivity index (χ3v) is 15.4. The molecule has 0 aliphatic heterocycles. The quantitative estimate of drug-likeness (QED) is 0.145. The molecule has 0 N–H and O–H groups in total. The molecule has 11 aromatic carbocycles. The van der Waals surface area contributed by atoms with Gasteiger partial charge in [-0.2, -0.15) is 0 Å². The van der Waals surface area contributed by atoms with Crippen molar-refractivity contribution in [1.82, 2.24) is 19.5 Å². The Labute approximate surface area is 432 Å². The first-order valence-corrected chi connectivity index (χ1v) is 25.8. The molecule has 346 valence electrons. The van der Waals surface area contributed by atoms with Crippen LogP contribution in [0.25, 0.3) is 137 Å². The second kappa shape index (κ2) is 18.2. The van der Waals surface area contributed by atoms with Crippen LogP contribution in [0.1, 0.15) is 0 Å². The maximum atomic E-state index is 5.17. The van der Waals surface area contributed by atoms with E-state index < -0.39 is 0 Å². The van der Waals surface area contributed by atoms with Crippen molar-refractivity contribution in [3.63, 3.8) is 0 Å². The maximum Gasteiger partial charge on any atom is 0.164 e. The summed E-state index contributed by atoms with van der Waals surface area (Å²) in [4.78, 5) is 15.3. The summed E-state index contributed by atoms with van der Waals surface area (Å²) in [6.07, 6.45) is 0. The number of thiophene rings is 1. The highest BCUT2D eigenvalue weighted by molar-refractivity contribution is 7.26. The van der Waals surface area contributed by atoms with Gasteiger partial charge in [0, 0.05) is 53.3 Å². The average molecular weight is 961 g/mol. The van der Waals surface area contributed by atoms with Gasteiger partial charge < -0.3 is 4.57 Å². The molecule has 0 saturated heterocycles. The minimum absolute atomic E-state index is 0.649. The molecular formula is C69H44N4S. The van der Waals surface area contributed by atoms with Crippen LogP contribution >= 0.6 is 11.3 Å². The zero-order chi connectivity index (χ0) is 49.0. The standard InChI is InChI=1S/C69H44N4S/c1-6-19-45(20-7-1)52-39-53(46-21-8-2-9-22-46)41-54(40-52)57-30-17-16-29-56(57)51-34-37-63-60(44-51)59-42-49(33-36-62(59)73(63)55-27-14-5-15-28-55)50-35-38-64-61(43-50)66-58(31-18-32-65(66)74-64)69-71-67(47-23-10-3-11-24-47)70-68(72-69)48-25-12-4-13-26-48/h1-44H. The van der Waals surface area contributed by atoms with Crippen molar-refractivity contribution in [3.8, 4) is 95.5 Å². The lowest BCUT2D eigenvalue weighted by Gasteiger charge is -2.15. The molecule has 0 atom stereocenters. The van der Waals surface area contributed by atoms with E-state index in [2.05, 4.69) is 235 Å². The van der Waals surface area contributed by atoms with Crippen molar-refractivity contribution in [2.75, 3.05) is 0 Å². The van der Waals surface area contributed by atoms with Crippen LogP contribution in [-0.2, 0) is 0 Å². The summed E-state index contributed by atoms with van der Waals surface area (Å²) in [6.45, 7) is 0. The van der Waals surface area contributed by atoms with Crippen LogP contribution in [0.2, 0.25) is 0 Å². The third kappa shape index (κ3) is 7.75. The Morgan fingerprint density at radius 3 is 1.27 bits per heavy atom. The monoisotopic (exact) mass is 960 g/mol. The summed E-state index contributed by atoms with van der Waals surface area (Å²) in [5.41, 5.74) is 18.1. The molecule has 0 spiro atoms. The highest BCUT2D eigenvalue weighted by atomic mass is 32.1. The molecule has 0 saturated carbocycles. The Morgan fingerprint density at radius 1 is 0.257 bits per heavy atom. The fraction of sp³-hybridized carbons (Fsp3) is 0. The fourth-order valence-corrected chi connectivity index (χ4v) is 11.8. The van der Waals surface area contributed by atoms with Crippen molar-refractivity contribution >= 4 is 53.3 Å². The van der Waals surface area contributed by atoms with E-state index in [-0.39, 0.29) is 0 Å². The smallest absolute Gasteiger partial charge is 0.164 e. The molecule has 3 aromatic heterocycles. The van der Waals surface area contributed by atoms with Gasteiger partial charge >= 0.3 is 0 Å². The predicted octanol–water partition coefficient (Wildman–Crippen LogP) is 18.7. The SMILES string of the molecule is c1ccc(-c2cc(-c3ccccc3)cc(-c3ccccc3-c3ccc4c(c3)c3cc(-c5ccc6sc7cccc(-c8nc(-c9ccccc9)nc(-c9ccccc9)n8)c7c6c5)ccc3n4-c3ccccc3)c2)cc1. The van der Waals surface area contributed by atoms with Crippen molar-refractivity contribution in [1.29, 1.82) is 0 Å². The molecule has 0 aliphatic rings. The summed E-state index contributed by atoms with van der Waals surface area (Å²) >= 11 is 1.80. The molecule has 0 unspecified atom stereocenters.